The maximum Gasteiger partial charge on any atom is 0.261 e. The number of piperidine rings is 3. The number of ether oxygens (including phenoxy) is 1. The number of benzene rings is 1. The summed E-state index contributed by atoms with van der Waals surface area (Å²) in [4.78, 5) is 18.8. The summed E-state index contributed by atoms with van der Waals surface area (Å²) in [6.45, 7) is 10.3. The first-order valence-electron chi connectivity index (χ1n) is 10.4. The molecule has 5 nitrogen and oxygen atoms in total. The molecule has 2 bridgehead atoms. The normalized spacial score (nSPS) is 29.2. The molecule has 4 saturated heterocycles. The maximum absolute atomic E-state index is 13.1. The van der Waals surface area contributed by atoms with Gasteiger partial charge in [-0.1, -0.05) is 6.07 Å². The molecule has 5 heterocycles. The molecule has 4 aliphatic rings. The fourth-order valence-electron chi connectivity index (χ4n) is 5.24. The molecule has 6 rings (SSSR count). The van der Waals surface area contributed by atoms with Gasteiger partial charge in [0.05, 0.1) is 18.1 Å². The summed E-state index contributed by atoms with van der Waals surface area (Å²) in [6, 6.07) is 8.81. The lowest BCUT2D eigenvalue weighted by Gasteiger charge is -2.56. The fourth-order valence-corrected chi connectivity index (χ4v) is 6.24. The van der Waals surface area contributed by atoms with Gasteiger partial charge in [0.2, 0.25) is 0 Å². The number of rotatable bonds is 3. The third-order valence-corrected chi connectivity index (χ3v) is 8.07. The van der Waals surface area contributed by atoms with Crippen molar-refractivity contribution in [2.24, 2.45) is 5.92 Å². The topological polar surface area (TPSA) is 44.8 Å². The maximum atomic E-state index is 13.1. The summed E-state index contributed by atoms with van der Waals surface area (Å²) in [5.41, 5.74) is 1.26. The minimum Gasteiger partial charge on any atom is -0.378 e. The lowest BCUT2D eigenvalue weighted by atomic mass is 9.72. The second kappa shape index (κ2) is 7.01. The Bertz CT molecular complexity index is 879. The van der Waals surface area contributed by atoms with E-state index in [0.29, 0.717) is 5.92 Å². The molecular weight excluding hydrogens is 370 g/mol. The first-order valence-corrected chi connectivity index (χ1v) is 11.3. The van der Waals surface area contributed by atoms with Crippen LogP contribution in [0, 0.1) is 5.92 Å². The van der Waals surface area contributed by atoms with Gasteiger partial charge in [-0.3, -0.25) is 9.69 Å². The van der Waals surface area contributed by atoms with Gasteiger partial charge in [-0.05, 0) is 69.3 Å². The second-order valence-corrected chi connectivity index (χ2v) is 9.95. The summed E-state index contributed by atoms with van der Waals surface area (Å²) in [5.74, 6) is 0.687. The summed E-state index contributed by atoms with van der Waals surface area (Å²) >= 11 is 1.61. The number of morpholine rings is 1. The Morgan fingerprint density at radius 2 is 1.89 bits per heavy atom. The number of carbonyl (C=O) groups excluding carboxylic acids is 1. The Morgan fingerprint density at radius 3 is 2.61 bits per heavy atom. The standard InChI is InChI=1S/C22H29N3O2S/c1-22(2)20(15-5-7-25(22)8-6-15)23-21(26)19-13-16-3-4-17(14-18(16)28-19)24-9-11-27-12-10-24/h3-4,13-15,20H,5-12H2,1-2H3,(H,23,26). The lowest BCUT2D eigenvalue weighted by Crippen LogP contribution is -2.69. The van der Waals surface area contributed by atoms with Crippen molar-refractivity contribution in [3.63, 3.8) is 0 Å². The molecule has 2 aromatic rings. The van der Waals surface area contributed by atoms with E-state index < -0.39 is 0 Å². The van der Waals surface area contributed by atoms with E-state index >= 15 is 0 Å². The number of amides is 1. The molecule has 1 N–H and O–H groups in total. The van der Waals surface area contributed by atoms with Crippen LogP contribution >= 0.6 is 11.3 Å². The van der Waals surface area contributed by atoms with Crippen molar-refractivity contribution >= 4 is 33.0 Å². The van der Waals surface area contributed by atoms with E-state index in [1.165, 1.54) is 23.2 Å². The molecule has 1 atom stereocenters. The SMILES string of the molecule is CC1(C)C(NC(=O)c2cc3ccc(N4CCOCC4)cc3s2)C2CCN1CC2. The van der Waals surface area contributed by atoms with E-state index in [9.17, 15) is 4.79 Å². The van der Waals surface area contributed by atoms with E-state index in [1.807, 2.05) is 6.07 Å². The molecule has 28 heavy (non-hydrogen) atoms. The van der Waals surface area contributed by atoms with Crippen molar-refractivity contribution in [3.05, 3.63) is 29.1 Å². The van der Waals surface area contributed by atoms with E-state index in [-0.39, 0.29) is 17.5 Å². The van der Waals surface area contributed by atoms with Gasteiger partial charge in [0.25, 0.3) is 5.91 Å². The van der Waals surface area contributed by atoms with Crippen molar-refractivity contribution in [1.82, 2.24) is 10.2 Å². The molecule has 1 aromatic carbocycles. The Hall–Kier alpha value is -1.63. The van der Waals surface area contributed by atoms with Crippen molar-refractivity contribution in [2.45, 2.75) is 38.3 Å². The van der Waals surface area contributed by atoms with Crippen LogP contribution in [0.15, 0.2) is 24.3 Å². The number of nitrogens with zero attached hydrogens (tertiary/aromatic N) is 2. The largest absolute Gasteiger partial charge is 0.378 e. The van der Waals surface area contributed by atoms with Crippen LogP contribution in [0.25, 0.3) is 10.1 Å². The average molecular weight is 400 g/mol. The van der Waals surface area contributed by atoms with E-state index in [0.717, 1.165) is 49.7 Å². The number of hydrogen-bond acceptors (Lipinski definition) is 5. The van der Waals surface area contributed by atoms with Crippen molar-refractivity contribution in [1.29, 1.82) is 0 Å². The molecular formula is C22H29N3O2S. The average Bonchev–Trinajstić information content (AvgIpc) is 3.15. The van der Waals surface area contributed by atoms with E-state index in [4.69, 9.17) is 4.74 Å². The third kappa shape index (κ3) is 3.11. The highest BCUT2D eigenvalue weighted by atomic mass is 32.1. The molecule has 6 heteroatoms. The predicted octanol–water partition coefficient (Wildman–Crippen LogP) is 3.34. The van der Waals surface area contributed by atoms with Crippen molar-refractivity contribution in [3.8, 4) is 0 Å². The van der Waals surface area contributed by atoms with E-state index in [1.54, 1.807) is 11.3 Å². The summed E-state index contributed by atoms with van der Waals surface area (Å²) in [7, 11) is 0. The zero-order valence-electron chi connectivity index (χ0n) is 16.7. The Morgan fingerprint density at radius 1 is 1.14 bits per heavy atom. The molecule has 150 valence electrons. The van der Waals surface area contributed by atoms with Crippen LogP contribution in [-0.4, -0.2) is 61.8 Å². The molecule has 1 unspecified atom stereocenters. The van der Waals surface area contributed by atoms with Gasteiger partial charge < -0.3 is 15.0 Å². The number of thiophene rings is 1. The Balaban J connectivity index is 1.36. The van der Waals surface area contributed by atoms with Crippen LogP contribution in [-0.2, 0) is 4.74 Å². The minimum absolute atomic E-state index is 0.0387. The molecule has 0 aliphatic carbocycles. The number of anilines is 1. The van der Waals surface area contributed by atoms with Gasteiger partial charge in [-0.15, -0.1) is 11.3 Å². The molecule has 4 fully saturated rings. The smallest absolute Gasteiger partial charge is 0.261 e. The van der Waals surface area contributed by atoms with Crippen molar-refractivity contribution < 1.29 is 9.53 Å². The molecule has 1 amide bonds. The van der Waals surface area contributed by atoms with E-state index in [2.05, 4.69) is 47.2 Å². The van der Waals surface area contributed by atoms with Gasteiger partial charge >= 0.3 is 0 Å². The predicted molar refractivity (Wildman–Crippen MR) is 114 cm³/mol. The van der Waals surface area contributed by atoms with Crippen LogP contribution < -0.4 is 10.2 Å². The number of hydrogen-bond donors (Lipinski definition) is 1. The van der Waals surface area contributed by atoms with Gasteiger partial charge in [0, 0.05) is 35.1 Å². The molecule has 1 aromatic heterocycles. The second-order valence-electron chi connectivity index (χ2n) is 8.86. The van der Waals surface area contributed by atoms with Gasteiger partial charge in [-0.2, -0.15) is 0 Å². The highest BCUT2D eigenvalue weighted by Crippen LogP contribution is 2.39. The zero-order chi connectivity index (χ0) is 19.3. The number of nitrogens with one attached hydrogen (secondary N) is 1. The minimum atomic E-state index is 0.0387. The Kier molecular flexibility index (Phi) is 4.61. The van der Waals surface area contributed by atoms with Crippen molar-refractivity contribution in [2.75, 3.05) is 44.3 Å². The molecule has 4 aliphatic heterocycles. The monoisotopic (exact) mass is 399 g/mol. The summed E-state index contributed by atoms with van der Waals surface area (Å²) < 4.78 is 6.64. The van der Waals surface area contributed by atoms with Crippen LogP contribution in [0.2, 0.25) is 0 Å². The summed E-state index contributed by atoms with van der Waals surface area (Å²) in [6.07, 6.45) is 2.40. The fraction of sp³-hybridized carbons (Fsp3) is 0.591. The number of fused-ring (bicyclic) bond motifs is 4. The summed E-state index contributed by atoms with van der Waals surface area (Å²) in [5, 5.41) is 4.55. The Labute approximate surface area is 170 Å². The quantitative estimate of drug-likeness (QED) is 0.860. The molecule has 0 saturated carbocycles. The zero-order valence-corrected chi connectivity index (χ0v) is 17.6. The number of carbonyl (C=O) groups is 1. The highest BCUT2D eigenvalue weighted by molar-refractivity contribution is 7.20. The van der Waals surface area contributed by atoms with Gasteiger partial charge in [0.15, 0.2) is 0 Å². The first kappa shape index (κ1) is 18.4. The van der Waals surface area contributed by atoms with Crippen LogP contribution in [0.3, 0.4) is 0 Å². The third-order valence-electron chi connectivity index (χ3n) is 6.98. The van der Waals surface area contributed by atoms with Gasteiger partial charge in [0.1, 0.15) is 0 Å². The van der Waals surface area contributed by atoms with Crippen LogP contribution in [0.5, 0.6) is 0 Å². The van der Waals surface area contributed by atoms with Crippen LogP contribution in [0.4, 0.5) is 5.69 Å². The molecule has 0 radical (unpaired) electrons. The highest BCUT2D eigenvalue weighted by Gasteiger charge is 2.48. The first-order chi connectivity index (χ1) is 13.5. The molecule has 0 spiro atoms. The lowest BCUT2D eigenvalue weighted by molar-refractivity contribution is -0.0377. The van der Waals surface area contributed by atoms with Crippen LogP contribution in [0.1, 0.15) is 36.4 Å². The van der Waals surface area contributed by atoms with Gasteiger partial charge in [-0.25, -0.2) is 0 Å².